The van der Waals surface area contributed by atoms with Crippen molar-refractivity contribution in [3.05, 3.63) is 42.2 Å². The molecule has 1 aromatic heterocycles. The van der Waals surface area contributed by atoms with E-state index in [2.05, 4.69) is 10.4 Å². The summed E-state index contributed by atoms with van der Waals surface area (Å²) in [5.74, 6) is 0.703. The Hall–Kier alpha value is -2.30. The molecule has 0 radical (unpaired) electrons. The number of carbonyl (C=O) groups is 1. The molecule has 0 aliphatic heterocycles. The van der Waals surface area contributed by atoms with Crippen molar-refractivity contribution in [1.29, 1.82) is 0 Å². The van der Waals surface area contributed by atoms with Gasteiger partial charge in [0.2, 0.25) is 0 Å². The maximum Gasteiger partial charge on any atom is 0.258 e. The van der Waals surface area contributed by atoms with E-state index >= 15 is 0 Å². The first-order chi connectivity index (χ1) is 10.2. The molecule has 3 rings (SSSR count). The molecule has 2 aromatic rings. The lowest BCUT2D eigenvalue weighted by atomic mass is 10.2. The third-order valence-electron chi connectivity index (χ3n) is 3.68. The normalized spacial score (nSPS) is 15.1. The number of ether oxygens (including phenoxy) is 1. The van der Waals surface area contributed by atoms with Gasteiger partial charge in [0, 0.05) is 18.9 Å². The second-order valence-corrected chi connectivity index (χ2v) is 5.41. The number of aryl methyl sites for hydroxylation is 1. The molecule has 0 saturated heterocycles. The minimum atomic E-state index is -0.160. The van der Waals surface area contributed by atoms with Crippen molar-refractivity contribution >= 4 is 11.6 Å². The third-order valence-corrected chi connectivity index (χ3v) is 3.68. The molecule has 5 nitrogen and oxygen atoms in total. The first-order valence-corrected chi connectivity index (χ1v) is 7.27. The minimum absolute atomic E-state index is 0.160. The second kappa shape index (κ2) is 5.99. The molecular weight excluding hydrogens is 266 g/mol. The third kappa shape index (κ3) is 3.42. The Morgan fingerprint density at radius 2 is 2.00 bits per heavy atom. The van der Waals surface area contributed by atoms with Crippen LogP contribution in [0.2, 0.25) is 0 Å². The number of nitrogens with one attached hydrogen (secondary N) is 1. The zero-order valence-corrected chi connectivity index (χ0v) is 12.1. The average Bonchev–Trinajstić information content (AvgIpc) is 3.12. The molecule has 0 spiro atoms. The molecule has 1 saturated carbocycles. The fraction of sp³-hybridized carbons (Fsp3) is 0.375. The molecule has 110 valence electrons. The highest BCUT2D eigenvalue weighted by molar-refractivity contribution is 6.03. The van der Waals surface area contributed by atoms with Crippen LogP contribution in [-0.2, 0) is 7.05 Å². The van der Waals surface area contributed by atoms with Crippen molar-refractivity contribution in [3.8, 4) is 5.75 Å². The van der Waals surface area contributed by atoms with Crippen LogP contribution in [-0.4, -0.2) is 21.8 Å². The molecule has 1 aliphatic carbocycles. The molecule has 0 bridgehead atoms. The monoisotopic (exact) mass is 285 g/mol. The van der Waals surface area contributed by atoms with Crippen molar-refractivity contribution < 1.29 is 9.53 Å². The smallest absolute Gasteiger partial charge is 0.258 e. The van der Waals surface area contributed by atoms with E-state index in [1.165, 1.54) is 12.8 Å². The van der Waals surface area contributed by atoms with Gasteiger partial charge in [0.25, 0.3) is 5.91 Å². The Balaban J connectivity index is 1.60. The second-order valence-electron chi connectivity index (χ2n) is 5.41. The van der Waals surface area contributed by atoms with E-state index < -0.39 is 0 Å². The van der Waals surface area contributed by atoms with Gasteiger partial charge in [0.15, 0.2) is 0 Å². The van der Waals surface area contributed by atoms with Gasteiger partial charge in [-0.15, -0.1) is 0 Å². The summed E-state index contributed by atoms with van der Waals surface area (Å²) >= 11 is 0. The number of hydrogen-bond donors (Lipinski definition) is 1. The van der Waals surface area contributed by atoms with E-state index in [1.54, 1.807) is 24.1 Å². The Kier molecular flexibility index (Phi) is 3.90. The van der Waals surface area contributed by atoms with Crippen LogP contribution in [0.25, 0.3) is 0 Å². The number of aromatic nitrogens is 2. The van der Waals surface area contributed by atoms with Gasteiger partial charge in [-0.1, -0.05) is 0 Å². The molecule has 1 aliphatic rings. The summed E-state index contributed by atoms with van der Waals surface area (Å²) in [6.45, 7) is 0. The highest BCUT2D eigenvalue weighted by atomic mass is 16.5. The van der Waals surface area contributed by atoms with E-state index in [0.29, 0.717) is 11.7 Å². The fourth-order valence-corrected chi connectivity index (χ4v) is 2.56. The van der Waals surface area contributed by atoms with E-state index in [4.69, 9.17) is 4.74 Å². The standard InChI is InChI=1S/C16H19N3O2/c1-19-11-12(10-17-19)16(20)18-13-6-8-15(9-7-13)21-14-4-2-3-5-14/h6-11,14H,2-5H2,1H3,(H,18,20). The number of anilines is 1. The quantitative estimate of drug-likeness (QED) is 0.939. The van der Waals surface area contributed by atoms with E-state index in [0.717, 1.165) is 24.3 Å². The molecule has 5 heteroatoms. The summed E-state index contributed by atoms with van der Waals surface area (Å²) in [6, 6.07) is 7.52. The summed E-state index contributed by atoms with van der Waals surface area (Å²) < 4.78 is 7.50. The van der Waals surface area contributed by atoms with Gasteiger partial charge in [0.1, 0.15) is 5.75 Å². The largest absolute Gasteiger partial charge is 0.490 e. The first-order valence-electron chi connectivity index (χ1n) is 7.27. The Bertz CT molecular complexity index is 613. The van der Waals surface area contributed by atoms with Crippen molar-refractivity contribution in [2.24, 2.45) is 7.05 Å². The Morgan fingerprint density at radius 3 is 2.62 bits per heavy atom. The van der Waals surface area contributed by atoms with E-state index in [-0.39, 0.29) is 5.91 Å². The van der Waals surface area contributed by atoms with Crippen LogP contribution in [0.3, 0.4) is 0 Å². The van der Waals surface area contributed by atoms with Crippen molar-refractivity contribution in [2.45, 2.75) is 31.8 Å². The van der Waals surface area contributed by atoms with Crippen LogP contribution in [0, 0.1) is 0 Å². The van der Waals surface area contributed by atoms with Crippen molar-refractivity contribution in [3.63, 3.8) is 0 Å². The van der Waals surface area contributed by atoms with Gasteiger partial charge in [-0.25, -0.2) is 0 Å². The average molecular weight is 285 g/mol. The van der Waals surface area contributed by atoms with Crippen LogP contribution in [0.15, 0.2) is 36.7 Å². The van der Waals surface area contributed by atoms with Crippen molar-refractivity contribution in [2.75, 3.05) is 5.32 Å². The van der Waals surface area contributed by atoms with Crippen LogP contribution < -0.4 is 10.1 Å². The number of carbonyl (C=O) groups excluding carboxylic acids is 1. The maximum atomic E-state index is 12.0. The highest BCUT2D eigenvalue weighted by Crippen LogP contribution is 2.25. The topological polar surface area (TPSA) is 56.2 Å². The predicted molar refractivity (Wildman–Crippen MR) is 80.5 cm³/mol. The predicted octanol–water partition coefficient (Wildman–Crippen LogP) is 2.99. The Morgan fingerprint density at radius 1 is 1.29 bits per heavy atom. The van der Waals surface area contributed by atoms with Crippen LogP contribution >= 0.6 is 0 Å². The molecule has 1 aromatic carbocycles. The molecule has 21 heavy (non-hydrogen) atoms. The van der Waals surface area contributed by atoms with Gasteiger partial charge >= 0.3 is 0 Å². The number of hydrogen-bond acceptors (Lipinski definition) is 3. The lowest BCUT2D eigenvalue weighted by Gasteiger charge is -2.13. The summed E-state index contributed by atoms with van der Waals surface area (Å²) in [4.78, 5) is 12.0. The number of amides is 1. The van der Waals surface area contributed by atoms with Gasteiger partial charge in [0.05, 0.1) is 17.9 Å². The first kappa shape index (κ1) is 13.7. The fourth-order valence-electron chi connectivity index (χ4n) is 2.56. The van der Waals surface area contributed by atoms with Crippen molar-refractivity contribution in [1.82, 2.24) is 9.78 Å². The van der Waals surface area contributed by atoms with E-state index in [9.17, 15) is 4.79 Å². The molecule has 1 amide bonds. The lowest BCUT2D eigenvalue weighted by molar-refractivity contribution is 0.102. The lowest BCUT2D eigenvalue weighted by Crippen LogP contribution is -2.12. The summed E-state index contributed by atoms with van der Waals surface area (Å²) in [5.41, 5.74) is 1.30. The van der Waals surface area contributed by atoms with Gasteiger partial charge in [-0.2, -0.15) is 5.10 Å². The van der Waals surface area contributed by atoms with Crippen LogP contribution in [0.1, 0.15) is 36.0 Å². The highest BCUT2D eigenvalue weighted by Gasteiger charge is 2.16. The number of nitrogens with zero attached hydrogens (tertiary/aromatic N) is 2. The van der Waals surface area contributed by atoms with Gasteiger partial charge in [-0.05, 0) is 49.9 Å². The maximum absolute atomic E-state index is 12.0. The Labute approximate surface area is 123 Å². The molecule has 1 fully saturated rings. The SMILES string of the molecule is Cn1cc(C(=O)Nc2ccc(OC3CCCC3)cc2)cn1. The summed E-state index contributed by atoms with van der Waals surface area (Å²) in [7, 11) is 1.78. The summed E-state index contributed by atoms with van der Waals surface area (Å²) in [5, 5.41) is 6.83. The van der Waals surface area contributed by atoms with Gasteiger partial charge in [-0.3, -0.25) is 9.48 Å². The number of rotatable bonds is 4. The minimum Gasteiger partial charge on any atom is -0.490 e. The summed E-state index contributed by atoms with van der Waals surface area (Å²) in [6.07, 6.45) is 8.37. The molecule has 0 unspecified atom stereocenters. The molecule has 1 heterocycles. The van der Waals surface area contributed by atoms with Crippen LogP contribution in [0.5, 0.6) is 5.75 Å². The zero-order valence-electron chi connectivity index (χ0n) is 12.1. The van der Waals surface area contributed by atoms with Gasteiger partial charge < -0.3 is 10.1 Å². The van der Waals surface area contributed by atoms with E-state index in [1.807, 2.05) is 24.3 Å². The zero-order chi connectivity index (χ0) is 14.7. The molecule has 1 N–H and O–H groups in total. The van der Waals surface area contributed by atoms with Crippen LogP contribution in [0.4, 0.5) is 5.69 Å². The number of benzene rings is 1. The molecule has 0 atom stereocenters. The molecular formula is C16H19N3O2.